The Bertz CT molecular complexity index is 433. The van der Waals surface area contributed by atoms with Gasteiger partial charge in [-0.3, -0.25) is 0 Å². The molecule has 0 bridgehead atoms. The maximum atomic E-state index is 11.3. The van der Waals surface area contributed by atoms with E-state index in [4.69, 9.17) is 4.74 Å². The maximum Gasteiger partial charge on any atom is 0.334 e. The number of ether oxygens (including phenoxy) is 1. The molecule has 1 aliphatic heterocycles. The van der Waals surface area contributed by atoms with Crippen molar-refractivity contribution >= 4 is 5.97 Å². The number of hydrogen-bond donors (Lipinski definition) is 0. The van der Waals surface area contributed by atoms with Crippen molar-refractivity contribution in [2.45, 2.75) is 38.7 Å². The lowest BCUT2D eigenvalue weighted by atomic mass is 9.86. The van der Waals surface area contributed by atoms with Crippen LogP contribution in [0.15, 0.2) is 36.4 Å². The molecule has 0 aromatic heterocycles. The van der Waals surface area contributed by atoms with E-state index in [2.05, 4.69) is 39.5 Å². The molecule has 1 unspecified atom stereocenters. The first kappa shape index (κ1) is 11.9. The van der Waals surface area contributed by atoms with E-state index in [1.807, 2.05) is 12.1 Å². The van der Waals surface area contributed by atoms with Crippen LogP contribution in [0.25, 0.3) is 0 Å². The summed E-state index contributed by atoms with van der Waals surface area (Å²) in [6.45, 7) is 10.2. The van der Waals surface area contributed by atoms with Crippen molar-refractivity contribution in [1.82, 2.24) is 0 Å². The van der Waals surface area contributed by atoms with Crippen molar-refractivity contribution in [3.05, 3.63) is 47.5 Å². The molecule has 0 amide bonds. The van der Waals surface area contributed by atoms with Gasteiger partial charge in [-0.05, 0) is 16.5 Å². The molecule has 1 heterocycles. The summed E-state index contributed by atoms with van der Waals surface area (Å²) < 4.78 is 5.25. The molecule has 1 fully saturated rings. The SMILES string of the molecule is C=C1CC(c2ccc(C(C)(C)C)cc2)OC1=O. The summed E-state index contributed by atoms with van der Waals surface area (Å²) in [5.74, 6) is -0.269. The Balaban J connectivity index is 2.19. The summed E-state index contributed by atoms with van der Waals surface area (Å²) in [5, 5.41) is 0. The van der Waals surface area contributed by atoms with E-state index in [-0.39, 0.29) is 17.5 Å². The molecule has 2 nitrogen and oxygen atoms in total. The predicted octanol–water partition coefficient (Wildman–Crippen LogP) is 3.53. The van der Waals surface area contributed by atoms with Gasteiger partial charge in [-0.2, -0.15) is 0 Å². The molecule has 0 saturated carbocycles. The van der Waals surface area contributed by atoms with Crippen LogP contribution in [0.2, 0.25) is 0 Å². The van der Waals surface area contributed by atoms with Gasteiger partial charge in [0, 0.05) is 12.0 Å². The van der Waals surface area contributed by atoms with Gasteiger partial charge in [0.15, 0.2) is 0 Å². The molecule has 2 rings (SSSR count). The first-order valence-electron chi connectivity index (χ1n) is 5.87. The molecule has 1 aromatic carbocycles. The molecule has 0 radical (unpaired) electrons. The highest BCUT2D eigenvalue weighted by molar-refractivity contribution is 5.90. The number of benzene rings is 1. The number of hydrogen-bond acceptors (Lipinski definition) is 2. The normalized spacial score (nSPS) is 20.5. The zero-order chi connectivity index (χ0) is 12.6. The van der Waals surface area contributed by atoms with E-state index in [0.29, 0.717) is 12.0 Å². The van der Waals surface area contributed by atoms with Crippen LogP contribution in [0.1, 0.15) is 44.4 Å². The smallest absolute Gasteiger partial charge is 0.334 e. The number of esters is 1. The van der Waals surface area contributed by atoms with Gasteiger partial charge in [-0.15, -0.1) is 0 Å². The molecule has 1 aliphatic rings. The lowest BCUT2D eigenvalue weighted by Crippen LogP contribution is -2.11. The zero-order valence-electron chi connectivity index (χ0n) is 10.6. The van der Waals surface area contributed by atoms with Crippen molar-refractivity contribution < 1.29 is 9.53 Å². The second-order valence-electron chi connectivity index (χ2n) is 5.57. The summed E-state index contributed by atoms with van der Waals surface area (Å²) in [6, 6.07) is 8.28. The average molecular weight is 230 g/mol. The molecule has 90 valence electrons. The Morgan fingerprint density at radius 1 is 1.24 bits per heavy atom. The maximum absolute atomic E-state index is 11.3. The summed E-state index contributed by atoms with van der Waals surface area (Å²) in [7, 11) is 0. The first-order valence-corrected chi connectivity index (χ1v) is 5.87. The molecule has 1 aromatic rings. The van der Waals surface area contributed by atoms with E-state index in [1.165, 1.54) is 5.56 Å². The molecule has 2 heteroatoms. The minimum absolute atomic E-state index is 0.147. The molecule has 0 N–H and O–H groups in total. The van der Waals surface area contributed by atoms with Crippen molar-refractivity contribution in [3.8, 4) is 0 Å². The average Bonchev–Trinajstić information content (AvgIpc) is 2.58. The van der Waals surface area contributed by atoms with Crippen LogP contribution in [-0.4, -0.2) is 5.97 Å². The van der Waals surface area contributed by atoms with Gasteiger partial charge in [0.05, 0.1) is 0 Å². The van der Waals surface area contributed by atoms with Crippen LogP contribution in [0.4, 0.5) is 0 Å². The monoisotopic (exact) mass is 230 g/mol. The summed E-state index contributed by atoms with van der Waals surface area (Å²) >= 11 is 0. The molecular formula is C15H18O2. The second-order valence-corrected chi connectivity index (χ2v) is 5.57. The third-order valence-corrected chi connectivity index (χ3v) is 3.12. The highest BCUT2D eigenvalue weighted by Gasteiger charge is 2.28. The highest BCUT2D eigenvalue weighted by Crippen LogP contribution is 2.33. The Hall–Kier alpha value is -1.57. The van der Waals surface area contributed by atoms with Crippen LogP contribution in [0.5, 0.6) is 0 Å². The Labute approximate surface area is 102 Å². The van der Waals surface area contributed by atoms with Gasteiger partial charge in [-0.25, -0.2) is 4.79 Å². The van der Waals surface area contributed by atoms with Gasteiger partial charge in [0.25, 0.3) is 0 Å². The van der Waals surface area contributed by atoms with Gasteiger partial charge in [-0.1, -0.05) is 51.6 Å². The molecular weight excluding hydrogens is 212 g/mol. The fourth-order valence-corrected chi connectivity index (χ4v) is 1.94. The predicted molar refractivity (Wildman–Crippen MR) is 67.7 cm³/mol. The minimum atomic E-state index is -0.269. The Kier molecular flexibility index (Phi) is 2.82. The standard InChI is InChI=1S/C15H18O2/c1-10-9-13(17-14(10)16)11-5-7-12(8-6-11)15(2,3)4/h5-8,13H,1,9H2,2-4H3. The lowest BCUT2D eigenvalue weighted by molar-refractivity contribution is -0.139. The number of cyclic esters (lactones) is 1. The topological polar surface area (TPSA) is 26.3 Å². The highest BCUT2D eigenvalue weighted by atomic mass is 16.5. The number of rotatable bonds is 1. The minimum Gasteiger partial charge on any atom is -0.454 e. The second kappa shape index (κ2) is 4.02. The summed E-state index contributed by atoms with van der Waals surface area (Å²) in [4.78, 5) is 11.3. The molecule has 1 atom stereocenters. The number of carbonyl (C=O) groups excluding carboxylic acids is 1. The molecule has 0 spiro atoms. The van der Waals surface area contributed by atoms with E-state index >= 15 is 0 Å². The van der Waals surface area contributed by atoms with Crippen molar-refractivity contribution in [2.75, 3.05) is 0 Å². The van der Waals surface area contributed by atoms with Crippen molar-refractivity contribution in [1.29, 1.82) is 0 Å². The van der Waals surface area contributed by atoms with Crippen LogP contribution in [0.3, 0.4) is 0 Å². The van der Waals surface area contributed by atoms with E-state index in [0.717, 1.165) is 5.56 Å². The zero-order valence-corrected chi connectivity index (χ0v) is 10.6. The van der Waals surface area contributed by atoms with E-state index < -0.39 is 0 Å². The number of carbonyl (C=O) groups is 1. The Morgan fingerprint density at radius 2 is 1.82 bits per heavy atom. The largest absolute Gasteiger partial charge is 0.454 e. The summed E-state index contributed by atoms with van der Waals surface area (Å²) in [6.07, 6.45) is 0.456. The van der Waals surface area contributed by atoms with Gasteiger partial charge >= 0.3 is 5.97 Å². The van der Waals surface area contributed by atoms with Crippen LogP contribution in [-0.2, 0) is 14.9 Å². The molecule has 0 aliphatic carbocycles. The fourth-order valence-electron chi connectivity index (χ4n) is 1.94. The summed E-state index contributed by atoms with van der Waals surface area (Å²) in [5.41, 5.74) is 3.04. The van der Waals surface area contributed by atoms with E-state index in [1.54, 1.807) is 0 Å². The van der Waals surface area contributed by atoms with Gasteiger partial charge < -0.3 is 4.74 Å². The van der Waals surface area contributed by atoms with Crippen molar-refractivity contribution in [3.63, 3.8) is 0 Å². The third-order valence-electron chi connectivity index (χ3n) is 3.12. The first-order chi connectivity index (χ1) is 7.88. The van der Waals surface area contributed by atoms with Crippen molar-refractivity contribution in [2.24, 2.45) is 0 Å². The Morgan fingerprint density at radius 3 is 2.24 bits per heavy atom. The van der Waals surface area contributed by atoms with Gasteiger partial charge in [0.2, 0.25) is 0 Å². The van der Waals surface area contributed by atoms with Crippen LogP contribution in [0, 0.1) is 0 Å². The fraction of sp³-hybridized carbons (Fsp3) is 0.400. The van der Waals surface area contributed by atoms with Gasteiger partial charge in [0.1, 0.15) is 6.10 Å². The third kappa shape index (κ3) is 2.41. The van der Waals surface area contributed by atoms with E-state index in [9.17, 15) is 4.79 Å². The van der Waals surface area contributed by atoms with Crippen LogP contribution >= 0.6 is 0 Å². The van der Waals surface area contributed by atoms with Crippen LogP contribution < -0.4 is 0 Å². The molecule has 17 heavy (non-hydrogen) atoms. The quantitative estimate of drug-likeness (QED) is 0.545. The lowest BCUT2D eigenvalue weighted by Gasteiger charge is -2.19. The molecule has 1 saturated heterocycles.